The van der Waals surface area contributed by atoms with Crippen LogP contribution >= 0.6 is 0 Å². The minimum atomic E-state index is -0.648. The molecule has 1 saturated heterocycles. The predicted molar refractivity (Wildman–Crippen MR) is 135 cm³/mol. The van der Waals surface area contributed by atoms with Gasteiger partial charge in [0.1, 0.15) is 11.6 Å². The van der Waals surface area contributed by atoms with Crippen LogP contribution in [-0.4, -0.2) is 34.5 Å². The normalized spacial score (nSPS) is 18.1. The molecule has 0 saturated carbocycles. The molecule has 37 heavy (non-hydrogen) atoms. The quantitative estimate of drug-likeness (QED) is 0.416. The van der Waals surface area contributed by atoms with Gasteiger partial charge in [0.2, 0.25) is 5.95 Å². The van der Waals surface area contributed by atoms with Crippen molar-refractivity contribution in [2.24, 2.45) is 0 Å². The fraction of sp³-hybridized carbons (Fsp3) is 0.407. The Hall–Kier alpha value is -3.82. The summed E-state index contributed by atoms with van der Waals surface area (Å²) in [5.74, 6) is -0.650. The van der Waals surface area contributed by atoms with Crippen molar-refractivity contribution in [2.75, 3.05) is 29.4 Å². The van der Waals surface area contributed by atoms with Crippen molar-refractivity contribution in [2.45, 2.75) is 50.5 Å². The summed E-state index contributed by atoms with van der Waals surface area (Å²) in [5.41, 5.74) is 2.75. The zero-order chi connectivity index (χ0) is 25.7. The number of hydrogen-bond donors (Lipinski definition) is 1. The van der Waals surface area contributed by atoms with Crippen molar-refractivity contribution >= 4 is 17.3 Å². The Kier molecular flexibility index (Phi) is 5.69. The number of fused-ring (bicyclic) bond motifs is 3. The summed E-state index contributed by atoms with van der Waals surface area (Å²) in [6.07, 6.45) is 4.80. The summed E-state index contributed by atoms with van der Waals surface area (Å²) < 4.78 is 29.6. The molecule has 192 valence electrons. The molecule has 10 heteroatoms. The maximum absolute atomic E-state index is 15.3. The highest BCUT2D eigenvalue weighted by Gasteiger charge is 2.47. The number of piperidine rings is 1. The summed E-state index contributed by atoms with van der Waals surface area (Å²) in [4.78, 5) is 35.1. The van der Waals surface area contributed by atoms with Gasteiger partial charge in [-0.05, 0) is 50.2 Å². The van der Waals surface area contributed by atoms with Gasteiger partial charge in [0, 0.05) is 66.6 Å². The number of nitro groups is 1. The lowest BCUT2D eigenvalue weighted by molar-refractivity contribution is -0.384. The zero-order valence-electron chi connectivity index (χ0n) is 20.3. The first-order valence-corrected chi connectivity index (χ1v) is 12.7. The molecule has 1 N–H and O–H groups in total. The highest BCUT2D eigenvalue weighted by molar-refractivity contribution is 5.64. The van der Waals surface area contributed by atoms with Gasteiger partial charge in [-0.1, -0.05) is 12.1 Å². The van der Waals surface area contributed by atoms with Gasteiger partial charge < -0.3 is 9.80 Å². The van der Waals surface area contributed by atoms with E-state index in [-0.39, 0.29) is 11.2 Å². The maximum Gasteiger partial charge on any atom is 0.269 e. The molecule has 3 aromatic rings. The molecule has 1 aromatic heterocycles. The fourth-order valence-electron chi connectivity index (χ4n) is 6.29. The molecule has 1 spiro atoms. The van der Waals surface area contributed by atoms with E-state index in [1.54, 1.807) is 12.1 Å². The summed E-state index contributed by atoms with van der Waals surface area (Å²) in [6.45, 7) is 1.93. The Bertz CT molecular complexity index is 1450. The number of rotatable bonds is 4. The number of nitrogens with one attached hydrogen (secondary N) is 1. The van der Waals surface area contributed by atoms with E-state index >= 15 is 4.39 Å². The lowest BCUT2D eigenvalue weighted by atomic mass is 9.74. The third-order valence-corrected chi connectivity index (χ3v) is 8.09. The summed E-state index contributed by atoms with van der Waals surface area (Å²) in [5, 5.41) is 11.2. The van der Waals surface area contributed by atoms with Crippen molar-refractivity contribution in [3.8, 4) is 0 Å². The number of aryl methyl sites for hydroxylation is 1. The number of hydrogen-bond acceptors (Lipinski definition) is 6. The summed E-state index contributed by atoms with van der Waals surface area (Å²) in [7, 11) is 0. The Morgan fingerprint density at radius 1 is 1.11 bits per heavy atom. The number of nitro benzene ring substituents is 1. The predicted octanol–water partition coefficient (Wildman–Crippen LogP) is 4.39. The smallest absolute Gasteiger partial charge is 0.269 e. The van der Waals surface area contributed by atoms with Crippen LogP contribution in [0.15, 0.2) is 41.2 Å². The van der Waals surface area contributed by atoms with E-state index in [1.807, 2.05) is 9.80 Å². The number of nitrogens with zero attached hydrogens (tertiary/aromatic N) is 4. The van der Waals surface area contributed by atoms with Crippen molar-refractivity contribution < 1.29 is 13.7 Å². The maximum atomic E-state index is 15.3. The van der Waals surface area contributed by atoms with Crippen molar-refractivity contribution in [3.63, 3.8) is 0 Å². The van der Waals surface area contributed by atoms with Crippen LogP contribution in [-0.2, 0) is 24.8 Å². The van der Waals surface area contributed by atoms with Crippen LogP contribution in [0, 0.1) is 21.7 Å². The highest BCUT2D eigenvalue weighted by atomic mass is 19.1. The van der Waals surface area contributed by atoms with Crippen LogP contribution in [0.5, 0.6) is 0 Å². The van der Waals surface area contributed by atoms with Crippen molar-refractivity contribution in [3.05, 3.63) is 90.9 Å². The molecule has 0 amide bonds. The molecule has 0 radical (unpaired) electrons. The minimum absolute atomic E-state index is 0.0168. The summed E-state index contributed by atoms with van der Waals surface area (Å²) >= 11 is 0. The zero-order valence-corrected chi connectivity index (χ0v) is 20.3. The molecule has 1 aliphatic carbocycles. The highest BCUT2D eigenvalue weighted by Crippen LogP contribution is 2.49. The largest absolute Gasteiger partial charge is 0.366 e. The Labute approximate surface area is 212 Å². The molecule has 2 aliphatic heterocycles. The van der Waals surface area contributed by atoms with E-state index in [0.29, 0.717) is 61.8 Å². The first-order valence-electron chi connectivity index (χ1n) is 12.7. The first-order chi connectivity index (χ1) is 17.8. The SMILES string of the molecule is O=c1[nH]c(N2CCC3(CC2)CN(Cc2cccc([N+](=O)[O-])c2)c2cc(F)cc(F)c23)nc2c1CCCC2. The third-order valence-electron chi connectivity index (χ3n) is 8.09. The molecule has 1 fully saturated rings. The monoisotopic (exact) mass is 507 g/mol. The van der Waals surface area contributed by atoms with Crippen LogP contribution < -0.4 is 15.4 Å². The van der Waals surface area contributed by atoms with E-state index in [4.69, 9.17) is 4.98 Å². The second-order valence-electron chi connectivity index (χ2n) is 10.4. The number of benzene rings is 2. The van der Waals surface area contributed by atoms with Gasteiger partial charge >= 0.3 is 0 Å². The Morgan fingerprint density at radius 2 is 1.89 bits per heavy atom. The van der Waals surface area contributed by atoms with Gasteiger partial charge in [-0.2, -0.15) is 0 Å². The standard InChI is InChI=1S/C27H27F2N5O3/c28-18-13-21(29)24-23(14-18)33(15-17-4-3-5-19(12-17)34(36)37)16-27(24)8-10-32(11-9-27)26-30-22-7-2-1-6-20(22)25(35)31-26/h3-5,12-14H,1-2,6-11,15-16H2,(H,30,31,35). The molecule has 8 nitrogen and oxygen atoms in total. The summed E-state index contributed by atoms with van der Waals surface area (Å²) in [6, 6.07) is 8.63. The van der Waals surface area contributed by atoms with Gasteiger partial charge in [-0.15, -0.1) is 0 Å². The second kappa shape index (κ2) is 8.93. The van der Waals surface area contributed by atoms with Crippen molar-refractivity contribution in [1.82, 2.24) is 9.97 Å². The first kappa shape index (κ1) is 23.6. The number of non-ortho nitro benzene ring substituents is 1. The third kappa shape index (κ3) is 4.14. The lowest BCUT2D eigenvalue weighted by Crippen LogP contribution is -2.46. The van der Waals surface area contributed by atoms with Gasteiger partial charge in [0.05, 0.1) is 10.6 Å². The van der Waals surface area contributed by atoms with E-state index in [1.165, 1.54) is 18.2 Å². The number of anilines is 2. The molecule has 0 atom stereocenters. The van der Waals surface area contributed by atoms with Gasteiger partial charge in [-0.3, -0.25) is 19.9 Å². The Balaban J connectivity index is 1.28. The van der Waals surface area contributed by atoms with Crippen LogP contribution in [0.4, 0.5) is 26.1 Å². The molecular formula is C27H27F2N5O3. The van der Waals surface area contributed by atoms with Crippen LogP contribution in [0.25, 0.3) is 0 Å². The minimum Gasteiger partial charge on any atom is -0.366 e. The second-order valence-corrected chi connectivity index (χ2v) is 10.4. The number of aromatic amines is 1. The molecule has 0 bridgehead atoms. The number of H-pyrrole nitrogens is 1. The average Bonchev–Trinajstić information content (AvgIpc) is 3.17. The van der Waals surface area contributed by atoms with E-state index < -0.39 is 22.0 Å². The van der Waals surface area contributed by atoms with E-state index in [0.717, 1.165) is 43.0 Å². The average molecular weight is 508 g/mol. The fourth-order valence-corrected chi connectivity index (χ4v) is 6.29. The molecule has 3 heterocycles. The molecular weight excluding hydrogens is 480 g/mol. The topological polar surface area (TPSA) is 95.4 Å². The van der Waals surface area contributed by atoms with Gasteiger partial charge in [0.15, 0.2) is 0 Å². The van der Waals surface area contributed by atoms with E-state index in [9.17, 15) is 19.3 Å². The Morgan fingerprint density at radius 3 is 2.68 bits per heavy atom. The lowest BCUT2D eigenvalue weighted by Gasteiger charge is -2.40. The molecule has 3 aliphatic rings. The molecule has 2 aromatic carbocycles. The number of aromatic nitrogens is 2. The van der Waals surface area contributed by atoms with E-state index in [2.05, 4.69) is 4.98 Å². The van der Waals surface area contributed by atoms with Gasteiger partial charge in [-0.25, -0.2) is 13.8 Å². The van der Waals surface area contributed by atoms with Gasteiger partial charge in [0.25, 0.3) is 11.2 Å². The van der Waals surface area contributed by atoms with Crippen molar-refractivity contribution in [1.29, 1.82) is 0 Å². The molecule has 6 rings (SSSR count). The number of halogens is 2. The van der Waals surface area contributed by atoms with Crippen LogP contribution in [0.3, 0.4) is 0 Å². The molecule has 0 unspecified atom stereocenters. The van der Waals surface area contributed by atoms with Crippen LogP contribution in [0.1, 0.15) is 48.1 Å². The van der Waals surface area contributed by atoms with Crippen LogP contribution in [0.2, 0.25) is 0 Å².